The van der Waals surface area contributed by atoms with Crippen LogP contribution in [0.15, 0.2) is 24.3 Å². The lowest BCUT2D eigenvalue weighted by Crippen LogP contribution is -2.47. The molecule has 1 aromatic carbocycles. The van der Waals surface area contributed by atoms with Gasteiger partial charge in [-0.15, -0.1) is 0 Å². The minimum atomic E-state index is -0.0562. The van der Waals surface area contributed by atoms with Gasteiger partial charge in [0.2, 0.25) is 0 Å². The first kappa shape index (κ1) is 13.7. The fraction of sp³-hybridized carbons (Fsp3) is 0.533. The van der Waals surface area contributed by atoms with E-state index in [2.05, 4.69) is 19.6 Å². The van der Waals surface area contributed by atoms with Gasteiger partial charge in [-0.05, 0) is 24.3 Å². The number of carbonyl (C=O) groups is 1. The van der Waals surface area contributed by atoms with Crippen molar-refractivity contribution in [2.24, 2.45) is 0 Å². The monoisotopic (exact) mass is 306 g/mol. The number of ketones is 1. The maximum Gasteiger partial charge on any atom is 0.181 e. The molecular formula is C15H19ClN4O. The summed E-state index contributed by atoms with van der Waals surface area (Å²) < 4.78 is 0. The molecule has 4 saturated heterocycles. The van der Waals surface area contributed by atoms with Crippen LogP contribution in [-0.4, -0.2) is 77.7 Å². The Hall–Kier alpha value is -0.980. The minimum Gasteiger partial charge on any atom is -0.292 e. The number of carbonyl (C=O) groups excluding carboxylic acids is 1. The average Bonchev–Trinajstić information content (AvgIpc) is 2.91. The molecule has 5 nitrogen and oxygen atoms in total. The summed E-state index contributed by atoms with van der Waals surface area (Å²) in [4.78, 5) is 22.5. The van der Waals surface area contributed by atoms with Crippen LogP contribution in [0.4, 0.5) is 0 Å². The van der Waals surface area contributed by atoms with Crippen molar-refractivity contribution in [2.45, 2.75) is 6.04 Å². The van der Waals surface area contributed by atoms with Crippen LogP contribution < -0.4 is 0 Å². The lowest BCUT2D eigenvalue weighted by Gasteiger charge is -2.30. The molecule has 0 radical (unpaired) electrons. The van der Waals surface area contributed by atoms with E-state index in [-0.39, 0.29) is 11.8 Å². The summed E-state index contributed by atoms with van der Waals surface area (Å²) in [6, 6.07) is 7.21. The largest absolute Gasteiger partial charge is 0.292 e. The first-order valence-corrected chi connectivity index (χ1v) is 7.78. The molecule has 112 valence electrons. The van der Waals surface area contributed by atoms with Gasteiger partial charge in [-0.2, -0.15) is 0 Å². The molecule has 0 amide bonds. The lowest BCUT2D eigenvalue weighted by atomic mass is 10.0. The van der Waals surface area contributed by atoms with E-state index in [9.17, 15) is 4.79 Å². The average molecular weight is 307 g/mol. The van der Waals surface area contributed by atoms with Gasteiger partial charge in [0.05, 0.1) is 32.7 Å². The topological polar surface area (TPSA) is 30.0 Å². The minimum absolute atomic E-state index is 0.0562. The second-order valence-electron chi connectivity index (χ2n) is 6.18. The number of nitrogens with zero attached hydrogens (tertiary/aromatic N) is 4. The summed E-state index contributed by atoms with van der Waals surface area (Å²) in [5, 5.41) is 0.672. The lowest BCUT2D eigenvalue weighted by molar-refractivity contribution is 0.0585. The number of halogens is 1. The second-order valence-corrected chi connectivity index (χ2v) is 6.62. The maximum absolute atomic E-state index is 12.9. The van der Waals surface area contributed by atoms with Crippen molar-refractivity contribution < 1.29 is 4.79 Å². The molecule has 1 aromatic rings. The van der Waals surface area contributed by atoms with Crippen LogP contribution in [0.2, 0.25) is 5.02 Å². The zero-order valence-electron chi connectivity index (χ0n) is 11.9. The molecule has 0 spiro atoms. The highest BCUT2D eigenvalue weighted by Gasteiger charge is 2.39. The van der Waals surface area contributed by atoms with Crippen molar-refractivity contribution in [3.63, 3.8) is 0 Å². The number of hydrogen-bond acceptors (Lipinski definition) is 5. The number of rotatable bonds is 2. The van der Waals surface area contributed by atoms with Gasteiger partial charge in [-0.1, -0.05) is 11.6 Å². The second kappa shape index (κ2) is 5.34. The highest BCUT2D eigenvalue weighted by molar-refractivity contribution is 6.30. The van der Waals surface area contributed by atoms with Crippen LogP contribution in [0.25, 0.3) is 0 Å². The number of hydrogen-bond donors (Lipinski definition) is 0. The van der Waals surface area contributed by atoms with Gasteiger partial charge in [0, 0.05) is 30.2 Å². The Bertz CT molecular complexity index is 533. The third kappa shape index (κ3) is 2.60. The Morgan fingerprint density at radius 3 is 2.19 bits per heavy atom. The molecule has 4 aliphatic rings. The summed E-state index contributed by atoms with van der Waals surface area (Å²) in [7, 11) is 0. The molecule has 0 saturated carbocycles. The van der Waals surface area contributed by atoms with Crippen LogP contribution in [0.3, 0.4) is 0 Å². The van der Waals surface area contributed by atoms with Crippen LogP contribution in [0.1, 0.15) is 10.4 Å². The molecule has 4 heterocycles. The van der Waals surface area contributed by atoms with E-state index in [4.69, 9.17) is 11.6 Å². The number of Topliss-reactive ketones (excluding diaryl/α,β-unsaturated/α-hetero) is 1. The Kier molecular flexibility index (Phi) is 3.47. The van der Waals surface area contributed by atoms with Crippen molar-refractivity contribution in [1.29, 1.82) is 0 Å². The number of fused-ring (bicyclic) bond motifs is 2. The van der Waals surface area contributed by atoms with Gasteiger partial charge in [-0.25, -0.2) is 0 Å². The molecule has 5 rings (SSSR count). The number of benzene rings is 1. The van der Waals surface area contributed by atoms with Gasteiger partial charge in [0.15, 0.2) is 5.78 Å². The SMILES string of the molecule is O=C(c1ccc(Cl)cc1)C1CN2CN3CCN(C2)CN1C3. The van der Waals surface area contributed by atoms with Crippen molar-refractivity contribution in [3.8, 4) is 0 Å². The summed E-state index contributed by atoms with van der Waals surface area (Å²) >= 11 is 5.92. The highest BCUT2D eigenvalue weighted by Crippen LogP contribution is 2.23. The van der Waals surface area contributed by atoms with E-state index in [1.165, 1.54) is 0 Å². The van der Waals surface area contributed by atoms with Gasteiger partial charge in [0.25, 0.3) is 0 Å². The van der Waals surface area contributed by atoms with Crippen molar-refractivity contribution in [3.05, 3.63) is 34.9 Å². The highest BCUT2D eigenvalue weighted by atomic mass is 35.5. The third-order valence-electron chi connectivity index (χ3n) is 4.60. The van der Waals surface area contributed by atoms with Crippen molar-refractivity contribution in [2.75, 3.05) is 46.3 Å². The Morgan fingerprint density at radius 2 is 1.57 bits per heavy atom. The fourth-order valence-corrected chi connectivity index (χ4v) is 3.68. The predicted molar refractivity (Wildman–Crippen MR) is 81.0 cm³/mol. The standard InChI is InChI=1S/C15H19ClN4O/c16-13-3-1-12(2-4-13)15(21)14-7-19-8-17-5-6-18(9-19)11-20(14)10-17/h1-4,14H,5-11H2. The van der Waals surface area contributed by atoms with Gasteiger partial charge in [-0.3, -0.25) is 24.4 Å². The normalized spacial score (nSPS) is 38.0. The van der Waals surface area contributed by atoms with Gasteiger partial charge < -0.3 is 0 Å². The quantitative estimate of drug-likeness (QED) is 0.760. The summed E-state index contributed by atoms with van der Waals surface area (Å²) in [5.74, 6) is 0.210. The molecule has 0 N–H and O–H groups in total. The van der Waals surface area contributed by atoms with E-state index >= 15 is 0 Å². The van der Waals surface area contributed by atoms with Crippen LogP contribution in [0.5, 0.6) is 0 Å². The van der Waals surface area contributed by atoms with Gasteiger partial charge in [0.1, 0.15) is 0 Å². The molecule has 3 atom stereocenters. The summed E-state index contributed by atoms with van der Waals surface area (Å²) in [5.41, 5.74) is 0.760. The molecule has 3 unspecified atom stereocenters. The summed E-state index contributed by atoms with van der Waals surface area (Å²) in [6.07, 6.45) is 0. The third-order valence-corrected chi connectivity index (χ3v) is 4.85. The van der Waals surface area contributed by atoms with E-state index in [1.807, 2.05) is 12.1 Å². The summed E-state index contributed by atoms with van der Waals surface area (Å²) in [6.45, 7) is 6.71. The molecule has 0 aliphatic carbocycles. The Morgan fingerprint density at radius 1 is 0.952 bits per heavy atom. The molecule has 0 aromatic heterocycles. The predicted octanol–water partition coefficient (Wildman–Crippen LogP) is 0.970. The Balaban J connectivity index is 1.63. The van der Waals surface area contributed by atoms with Crippen LogP contribution in [-0.2, 0) is 0 Å². The molecule has 6 heteroatoms. The van der Waals surface area contributed by atoms with E-state index in [1.54, 1.807) is 12.1 Å². The van der Waals surface area contributed by atoms with Crippen LogP contribution in [0, 0.1) is 0 Å². The molecule has 4 aliphatic heterocycles. The van der Waals surface area contributed by atoms with E-state index in [0.717, 1.165) is 51.9 Å². The Labute approximate surface area is 129 Å². The molecule has 4 fully saturated rings. The van der Waals surface area contributed by atoms with Crippen molar-refractivity contribution in [1.82, 2.24) is 19.6 Å². The zero-order chi connectivity index (χ0) is 14.4. The molecular weight excluding hydrogens is 288 g/mol. The zero-order valence-corrected chi connectivity index (χ0v) is 12.7. The van der Waals surface area contributed by atoms with E-state index in [0.29, 0.717) is 5.02 Å². The fourth-order valence-electron chi connectivity index (χ4n) is 3.55. The first-order chi connectivity index (χ1) is 10.2. The van der Waals surface area contributed by atoms with Crippen LogP contribution >= 0.6 is 11.6 Å². The first-order valence-electron chi connectivity index (χ1n) is 7.40. The smallest absolute Gasteiger partial charge is 0.181 e. The van der Waals surface area contributed by atoms with Gasteiger partial charge >= 0.3 is 0 Å². The van der Waals surface area contributed by atoms with Crippen molar-refractivity contribution >= 4 is 17.4 Å². The molecule has 4 bridgehead atoms. The molecule has 21 heavy (non-hydrogen) atoms. The van der Waals surface area contributed by atoms with E-state index < -0.39 is 0 Å². The maximum atomic E-state index is 12.9.